The number of nitrogens with zero attached hydrogens (tertiary/aromatic N) is 3. The Balaban J connectivity index is 0.00000192. The van der Waals surface area contributed by atoms with E-state index in [9.17, 15) is 22.2 Å². The summed E-state index contributed by atoms with van der Waals surface area (Å²) in [7, 11) is 2.18. The van der Waals surface area contributed by atoms with Crippen LogP contribution in [-0.4, -0.2) is 83.4 Å². The van der Waals surface area contributed by atoms with Gasteiger partial charge in [-0.15, -0.1) is 23.2 Å². The molecule has 0 aliphatic carbocycles. The summed E-state index contributed by atoms with van der Waals surface area (Å²) >= 11 is 9.53. The van der Waals surface area contributed by atoms with Gasteiger partial charge in [0, 0.05) is 56.9 Å². The Hall–Kier alpha value is -2.05. The molecule has 0 spiro atoms. The second-order valence-electron chi connectivity index (χ2n) is 13.6. The van der Waals surface area contributed by atoms with Crippen molar-refractivity contribution < 1.29 is 26.9 Å². The van der Waals surface area contributed by atoms with Gasteiger partial charge in [0.1, 0.15) is 5.75 Å². The minimum absolute atomic E-state index is 0.0736. The molecule has 2 saturated heterocycles. The van der Waals surface area contributed by atoms with Gasteiger partial charge < -0.3 is 19.4 Å². The zero-order valence-corrected chi connectivity index (χ0v) is 30.7. The van der Waals surface area contributed by atoms with Crippen molar-refractivity contribution in [2.24, 2.45) is 11.8 Å². The van der Waals surface area contributed by atoms with Crippen LogP contribution in [0.5, 0.6) is 5.75 Å². The number of carbonyl (C=O) groups is 1. The molecule has 0 radical (unpaired) electrons. The van der Waals surface area contributed by atoms with Crippen LogP contribution in [0.4, 0.5) is 18.9 Å². The van der Waals surface area contributed by atoms with Crippen LogP contribution >= 0.6 is 23.2 Å². The minimum atomic E-state index is -4.50. The lowest BCUT2D eigenvalue weighted by molar-refractivity contribution is -0.138. The molecule has 2 aliphatic rings. The van der Waals surface area contributed by atoms with Crippen molar-refractivity contribution in [2.75, 3.05) is 63.7 Å². The third kappa shape index (κ3) is 10.7. The first-order valence-corrected chi connectivity index (χ1v) is 18.1. The van der Waals surface area contributed by atoms with Crippen LogP contribution in [0.3, 0.4) is 0 Å². The van der Waals surface area contributed by atoms with Gasteiger partial charge in [-0.2, -0.15) is 13.2 Å². The smallest absolute Gasteiger partial charge is 0.416 e. The number of benzene rings is 2. The topological polar surface area (TPSA) is 65.1 Å². The highest BCUT2D eigenvalue weighted by Crippen LogP contribution is 2.39. The quantitative estimate of drug-likeness (QED) is 0.276. The second kappa shape index (κ2) is 17.1. The highest BCUT2D eigenvalue weighted by atomic mass is 35.5. The maximum Gasteiger partial charge on any atom is 0.416 e. The van der Waals surface area contributed by atoms with Crippen molar-refractivity contribution in [2.45, 2.75) is 63.9 Å². The van der Waals surface area contributed by atoms with E-state index in [1.54, 1.807) is 7.11 Å². The standard InChI is InChI=1S/C33H47F3N4O3S.CH2Cl2/c1-22(2)18-29(37-44(42)32(3,4)5)26-19-24(33(34,35)36)10-13-30(26)39-14-16-40(17-15-39)31(41)28-21-38(6)20-27(28)23-8-11-25(43-7)12-9-23;2-1-3/h8-13,19,22,27-29,37H,14-18,20-21H2,1-7H3;1H2/t27?,28?,29-,44?;/m0./s1. The van der Waals surface area contributed by atoms with Gasteiger partial charge in [0.2, 0.25) is 5.91 Å². The van der Waals surface area contributed by atoms with Crippen molar-refractivity contribution in [1.29, 1.82) is 0 Å². The summed E-state index contributed by atoms with van der Waals surface area (Å²) in [4.78, 5) is 20.0. The van der Waals surface area contributed by atoms with Crippen molar-refractivity contribution in [3.8, 4) is 5.75 Å². The van der Waals surface area contributed by atoms with Gasteiger partial charge in [0.25, 0.3) is 0 Å². The monoisotopic (exact) mass is 720 g/mol. The maximum absolute atomic E-state index is 13.9. The van der Waals surface area contributed by atoms with Crippen LogP contribution < -0.4 is 14.4 Å². The van der Waals surface area contributed by atoms with Crippen LogP contribution in [0.1, 0.15) is 69.7 Å². The van der Waals surface area contributed by atoms with E-state index in [-0.39, 0.29) is 29.0 Å². The number of nitrogens with one attached hydrogen (secondary N) is 1. The van der Waals surface area contributed by atoms with Gasteiger partial charge in [-0.05, 0) is 81.6 Å². The number of amides is 1. The molecule has 1 N–H and O–H groups in total. The minimum Gasteiger partial charge on any atom is -0.497 e. The van der Waals surface area contributed by atoms with E-state index in [2.05, 4.69) is 14.5 Å². The Labute approximate surface area is 290 Å². The number of anilines is 1. The van der Waals surface area contributed by atoms with Crippen molar-refractivity contribution >= 4 is 45.8 Å². The van der Waals surface area contributed by atoms with Gasteiger partial charge >= 0.3 is 6.18 Å². The van der Waals surface area contributed by atoms with E-state index >= 15 is 0 Å². The summed E-state index contributed by atoms with van der Waals surface area (Å²) in [6.07, 6.45) is -3.98. The van der Waals surface area contributed by atoms with E-state index in [1.165, 1.54) is 12.1 Å². The van der Waals surface area contributed by atoms with Crippen LogP contribution in [0.25, 0.3) is 0 Å². The van der Waals surface area contributed by atoms with Gasteiger partial charge in [-0.1, -0.05) is 26.0 Å². The van der Waals surface area contributed by atoms with E-state index in [0.717, 1.165) is 23.9 Å². The molecule has 47 heavy (non-hydrogen) atoms. The summed E-state index contributed by atoms with van der Waals surface area (Å²) in [5.41, 5.74) is 1.56. The summed E-state index contributed by atoms with van der Waals surface area (Å²) in [6.45, 7) is 12.9. The number of hydrogen-bond donors (Lipinski definition) is 1. The SMILES string of the molecule is COc1ccc(C2CN(C)CC2C(=O)N2CCN(c3ccc(C(F)(F)F)cc3[C@H](CC(C)C)NS(=O)C(C)(C)C)CC2)cc1.ClCCl. The van der Waals surface area contributed by atoms with Crippen molar-refractivity contribution in [3.63, 3.8) is 0 Å². The van der Waals surface area contributed by atoms with E-state index in [4.69, 9.17) is 27.9 Å². The lowest BCUT2D eigenvalue weighted by Crippen LogP contribution is -2.51. The van der Waals surface area contributed by atoms with E-state index < -0.39 is 33.5 Å². The summed E-state index contributed by atoms with van der Waals surface area (Å²) in [5, 5.41) is 0.194. The molecule has 7 nitrogen and oxygen atoms in total. The molecular weight excluding hydrogens is 672 g/mol. The Morgan fingerprint density at radius 1 is 1.02 bits per heavy atom. The number of alkyl halides is 5. The molecule has 2 heterocycles. The van der Waals surface area contributed by atoms with Crippen molar-refractivity contribution in [1.82, 2.24) is 14.5 Å². The lowest BCUT2D eigenvalue weighted by Gasteiger charge is -2.39. The number of likely N-dealkylation sites (tertiary alicyclic amines) is 1. The molecule has 3 unspecified atom stereocenters. The molecule has 0 aromatic heterocycles. The Kier molecular flexibility index (Phi) is 14.3. The average molecular weight is 722 g/mol. The average Bonchev–Trinajstić information content (AvgIpc) is 3.41. The number of likely N-dealkylation sites (N-methyl/N-ethyl adjacent to an activating group) is 1. The van der Waals surface area contributed by atoms with Crippen LogP contribution in [0, 0.1) is 11.8 Å². The van der Waals surface area contributed by atoms with Crippen molar-refractivity contribution in [3.05, 3.63) is 59.2 Å². The predicted octanol–water partition coefficient (Wildman–Crippen LogP) is 7.27. The maximum atomic E-state index is 13.9. The number of halogens is 5. The number of ether oxygens (including phenoxy) is 1. The third-order valence-corrected chi connectivity index (χ3v) is 10.1. The molecular formula is C34H49Cl2F3N4O3S. The number of piperazine rings is 1. The fourth-order valence-corrected chi connectivity index (χ4v) is 6.99. The van der Waals surface area contributed by atoms with Gasteiger partial charge in [-0.25, -0.2) is 8.93 Å². The molecule has 1 amide bonds. The molecule has 2 fully saturated rings. The van der Waals surface area contributed by atoms with E-state index in [0.29, 0.717) is 50.4 Å². The first-order chi connectivity index (χ1) is 22.0. The highest BCUT2D eigenvalue weighted by Gasteiger charge is 2.40. The van der Waals surface area contributed by atoms with Crippen LogP contribution in [0.15, 0.2) is 42.5 Å². The Bertz CT molecular complexity index is 1330. The van der Waals surface area contributed by atoms with Crippen LogP contribution in [0.2, 0.25) is 0 Å². The summed E-state index contributed by atoms with van der Waals surface area (Å²) in [5.74, 6) is 0.946. The Morgan fingerprint density at radius 2 is 1.62 bits per heavy atom. The molecule has 0 saturated carbocycles. The number of carbonyl (C=O) groups excluding carboxylic acids is 1. The van der Waals surface area contributed by atoms with Gasteiger partial charge in [0.05, 0.1) is 39.7 Å². The number of methoxy groups -OCH3 is 1. The number of hydrogen-bond acceptors (Lipinski definition) is 5. The highest BCUT2D eigenvalue weighted by molar-refractivity contribution is 7.84. The molecule has 2 aromatic rings. The lowest BCUT2D eigenvalue weighted by atomic mass is 9.87. The fraction of sp³-hybridized carbons (Fsp3) is 0.618. The molecule has 2 aliphatic heterocycles. The molecule has 4 atom stereocenters. The fourth-order valence-electron chi connectivity index (χ4n) is 6.16. The molecule has 13 heteroatoms. The predicted molar refractivity (Wildman–Crippen MR) is 187 cm³/mol. The van der Waals surface area contributed by atoms with Gasteiger partial charge in [0.15, 0.2) is 0 Å². The summed E-state index contributed by atoms with van der Waals surface area (Å²) in [6, 6.07) is 11.2. The first-order valence-electron chi connectivity index (χ1n) is 15.9. The molecule has 0 bridgehead atoms. The normalized spacial score (nSPS) is 20.5. The third-order valence-electron chi connectivity index (χ3n) is 8.54. The first kappa shape index (κ1) is 39.4. The van der Waals surface area contributed by atoms with Crippen LogP contribution in [-0.2, 0) is 22.0 Å². The number of rotatable bonds is 9. The molecule has 4 rings (SSSR count). The molecule has 264 valence electrons. The van der Waals surface area contributed by atoms with Gasteiger partial charge in [-0.3, -0.25) is 4.79 Å². The molecule has 2 aromatic carbocycles. The Morgan fingerprint density at radius 3 is 2.13 bits per heavy atom. The zero-order valence-electron chi connectivity index (χ0n) is 28.4. The second-order valence-corrected chi connectivity index (χ2v) is 16.4. The summed E-state index contributed by atoms with van der Waals surface area (Å²) < 4.78 is 62.7. The zero-order chi connectivity index (χ0) is 35.1. The largest absolute Gasteiger partial charge is 0.497 e. The van der Waals surface area contributed by atoms with E-state index in [1.807, 2.05) is 70.8 Å².